The highest BCUT2D eigenvalue weighted by Gasteiger charge is 2.17. The first-order chi connectivity index (χ1) is 15.5. The number of rotatable bonds is 20. The minimum absolute atomic E-state index is 0.197. The van der Waals surface area contributed by atoms with E-state index in [1.54, 1.807) is 6.92 Å². The molecule has 0 saturated carbocycles. The summed E-state index contributed by atoms with van der Waals surface area (Å²) in [5.74, 6) is -0.0441. The number of Topliss-reactive ketones (excluding diaryl/α,β-unsaturated/α-hetero) is 1. The SMILES string of the molecule is CCCCCCCCCCCCCCCCCC(=O)c1cc(CC(=O)OCC)n(C)c1C. The highest BCUT2D eigenvalue weighted by molar-refractivity contribution is 5.97. The maximum Gasteiger partial charge on any atom is 0.311 e. The summed E-state index contributed by atoms with van der Waals surface area (Å²) < 4.78 is 6.97. The fraction of sp³-hybridized carbons (Fsp3) is 0.786. The second kappa shape index (κ2) is 17.9. The van der Waals surface area contributed by atoms with Crippen molar-refractivity contribution >= 4 is 11.8 Å². The van der Waals surface area contributed by atoms with Crippen molar-refractivity contribution in [1.29, 1.82) is 0 Å². The van der Waals surface area contributed by atoms with Crippen LogP contribution in [0.25, 0.3) is 0 Å². The zero-order valence-electron chi connectivity index (χ0n) is 21.5. The zero-order chi connectivity index (χ0) is 23.6. The van der Waals surface area contributed by atoms with Crippen molar-refractivity contribution in [3.8, 4) is 0 Å². The third-order valence-electron chi connectivity index (χ3n) is 6.57. The lowest BCUT2D eigenvalue weighted by atomic mass is 10.0. The van der Waals surface area contributed by atoms with Crippen LogP contribution in [-0.2, 0) is 23.0 Å². The van der Waals surface area contributed by atoms with Crippen molar-refractivity contribution in [2.24, 2.45) is 7.05 Å². The van der Waals surface area contributed by atoms with Gasteiger partial charge in [0.2, 0.25) is 0 Å². The lowest BCUT2D eigenvalue weighted by molar-refractivity contribution is -0.142. The molecular weight excluding hydrogens is 398 g/mol. The van der Waals surface area contributed by atoms with Gasteiger partial charge in [0.1, 0.15) is 0 Å². The normalized spacial score (nSPS) is 11.1. The van der Waals surface area contributed by atoms with E-state index in [1.165, 1.54) is 83.5 Å². The number of aromatic nitrogens is 1. The standard InChI is InChI=1S/C28H49NO3/c1-5-7-8-9-10-11-12-13-14-15-16-17-18-19-20-21-27(30)26-22-25(29(4)24(26)3)23-28(31)32-6-2/h22H,5-21,23H2,1-4H3. The molecule has 4 heteroatoms. The van der Waals surface area contributed by atoms with Crippen LogP contribution in [0.1, 0.15) is 138 Å². The molecule has 184 valence electrons. The van der Waals surface area contributed by atoms with Gasteiger partial charge in [-0.1, -0.05) is 96.8 Å². The summed E-state index contributed by atoms with van der Waals surface area (Å²) in [7, 11) is 1.91. The van der Waals surface area contributed by atoms with Crippen LogP contribution in [0.2, 0.25) is 0 Å². The van der Waals surface area contributed by atoms with Crippen LogP contribution in [0.3, 0.4) is 0 Å². The van der Waals surface area contributed by atoms with Crippen LogP contribution in [0, 0.1) is 6.92 Å². The van der Waals surface area contributed by atoms with Crippen LogP contribution < -0.4 is 0 Å². The summed E-state index contributed by atoms with van der Waals surface area (Å²) in [4.78, 5) is 24.4. The number of carbonyl (C=O) groups excluding carboxylic acids is 2. The van der Waals surface area contributed by atoms with Crippen molar-refractivity contribution in [2.45, 2.75) is 130 Å². The highest BCUT2D eigenvalue weighted by Crippen LogP contribution is 2.19. The molecule has 0 unspecified atom stereocenters. The Morgan fingerprint density at radius 3 is 1.72 bits per heavy atom. The molecule has 0 saturated heterocycles. The molecule has 1 heterocycles. The molecule has 0 N–H and O–H groups in total. The second-order valence-electron chi connectivity index (χ2n) is 9.30. The van der Waals surface area contributed by atoms with Crippen LogP contribution in [0.15, 0.2) is 6.07 Å². The average molecular weight is 448 g/mol. The smallest absolute Gasteiger partial charge is 0.311 e. The van der Waals surface area contributed by atoms with Crippen molar-refractivity contribution < 1.29 is 14.3 Å². The van der Waals surface area contributed by atoms with E-state index in [1.807, 2.05) is 24.6 Å². The van der Waals surface area contributed by atoms with E-state index < -0.39 is 0 Å². The maximum absolute atomic E-state index is 12.6. The molecule has 1 aromatic rings. The molecular formula is C28H49NO3. The fourth-order valence-corrected chi connectivity index (χ4v) is 4.37. The summed E-state index contributed by atoms with van der Waals surface area (Å²) in [5, 5.41) is 0. The average Bonchev–Trinajstić information content (AvgIpc) is 3.05. The molecule has 0 aliphatic heterocycles. The number of nitrogens with zero attached hydrogens (tertiary/aromatic N) is 1. The van der Waals surface area contributed by atoms with Crippen LogP contribution in [0.5, 0.6) is 0 Å². The molecule has 32 heavy (non-hydrogen) atoms. The first-order valence-corrected chi connectivity index (χ1v) is 13.3. The Kier molecular flexibility index (Phi) is 15.9. The molecule has 4 nitrogen and oxygen atoms in total. The highest BCUT2D eigenvalue weighted by atomic mass is 16.5. The second-order valence-corrected chi connectivity index (χ2v) is 9.30. The van der Waals surface area contributed by atoms with E-state index in [9.17, 15) is 9.59 Å². The Bertz CT molecular complexity index is 647. The Labute approximate surface area is 197 Å². The summed E-state index contributed by atoms with van der Waals surface area (Å²) >= 11 is 0. The number of esters is 1. The van der Waals surface area contributed by atoms with Crippen LogP contribution in [0.4, 0.5) is 0 Å². The summed E-state index contributed by atoms with van der Waals surface area (Å²) in [6, 6.07) is 1.87. The summed E-state index contributed by atoms with van der Waals surface area (Å²) in [5.41, 5.74) is 2.55. The van der Waals surface area contributed by atoms with E-state index in [-0.39, 0.29) is 18.2 Å². The summed E-state index contributed by atoms with van der Waals surface area (Å²) in [6.45, 7) is 6.42. The van der Waals surface area contributed by atoms with E-state index in [0.29, 0.717) is 13.0 Å². The third-order valence-corrected chi connectivity index (χ3v) is 6.57. The molecule has 1 rings (SSSR count). The van der Waals surface area contributed by atoms with Gasteiger partial charge in [-0.25, -0.2) is 0 Å². The maximum atomic E-state index is 12.6. The van der Waals surface area contributed by atoms with Gasteiger partial charge in [0.25, 0.3) is 0 Å². The molecule has 0 aliphatic carbocycles. The Balaban J connectivity index is 2.08. The largest absolute Gasteiger partial charge is 0.466 e. The minimum atomic E-state index is -0.241. The molecule has 0 bridgehead atoms. The molecule has 0 radical (unpaired) electrons. The lowest BCUT2D eigenvalue weighted by Crippen LogP contribution is -2.10. The molecule has 0 aliphatic rings. The number of ether oxygens (including phenoxy) is 1. The molecule has 1 aromatic heterocycles. The first-order valence-electron chi connectivity index (χ1n) is 13.3. The van der Waals surface area contributed by atoms with E-state index in [2.05, 4.69) is 6.92 Å². The van der Waals surface area contributed by atoms with Crippen LogP contribution in [-0.4, -0.2) is 22.9 Å². The zero-order valence-corrected chi connectivity index (χ0v) is 21.5. The number of ketones is 1. The summed E-state index contributed by atoms with van der Waals surface area (Å²) in [6.07, 6.45) is 20.7. The van der Waals surface area contributed by atoms with Gasteiger partial charge in [-0.3, -0.25) is 9.59 Å². The van der Waals surface area contributed by atoms with Crippen molar-refractivity contribution in [2.75, 3.05) is 6.61 Å². The quantitative estimate of drug-likeness (QED) is 0.116. The van der Waals surface area contributed by atoms with Gasteiger partial charge < -0.3 is 9.30 Å². The van der Waals surface area contributed by atoms with Gasteiger partial charge in [-0.15, -0.1) is 0 Å². The first kappa shape index (κ1) is 28.5. The topological polar surface area (TPSA) is 48.3 Å². The fourth-order valence-electron chi connectivity index (χ4n) is 4.37. The van der Waals surface area contributed by atoms with Gasteiger partial charge in [-0.05, 0) is 26.3 Å². The monoisotopic (exact) mass is 447 g/mol. The molecule has 0 amide bonds. The number of unbranched alkanes of at least 4 members (excludes halogenated alkanes) is 14. The Hall–Kier alpha value is -1.58. The molecule has 0 spiro atoms. The van der Waals surface area contributed by atoms with Crippen molar-refractivity contribution in [1.82, 2.24) is 4.57 Å². The van der Waals surface area contributed by atoms with Gasteiger partial charge >= 0.3 is 5.97 Å². The molecule has 0 aromatic carbocycles. The van der Waals surface area contributed by atoms with E-state index >= 15 is 0 Å². The van der Waals surface area contributed by atoms with Gasteiger partial charge in [-0.2, -0.15) is 0 Å². The number of hydrogen-bond acceptors (Lipinski definition) is 3. The Morgan fingerprint density at radius 1 is 0.781 bits per heavy atom. The van der Waals surface area contributed by atoms with E-state index in [0.717, 1.165) is 29.8 Å². The molecule has 0 fully saturated rings. The van der Waals surface area contributed by atoms with Crippen molar-refractivity contribution in [3.05, 3.63) is 23.0 Å². The number of carbonyl (C=O) groups is 2. The lowest BCUT2D eigenvalue weighted by Gasteiger charge is -2.05. The number of hydrogen-bond donors (Lipinski definition) is 0. The minimum Gasteiger partial charge on any atom is -0.466 e. The van der Waals surface area contributed by atoms with Crippen molar-refractivity contribution in [3.63, 3.8) is 0 Å². The third kappa shape index (κ3) is 11.9. The molecule has 0 atom stereocenters. The van der Waals surface area contributed by atoms with Gasteiger partial charge in [0.05, 0.1) is 13.0 Å². The Morgan fingerprint density at radius 2 is 1.25 bits per heavy atom. The predicted molar refractivity (Wildman–Crippen MR) is 134 cm³/mol. The predicted octanol–water partition coefficient (Wildman–Crippen LogP) is 7.88. The van der Waals surface area contributed by atoms with Crippen LogP contribution >= 0.6 is 0 Å². The van der Waals surface area contributed by atoms with Gasteiger partial charge in [0, 0.05) is 30.4 Å². The van der Waals surface area contributed by atoms with Gasteiger partial charge in [0.15, 0.2) is 5.78 Å². The van der Waals surface area contributed by atoms with E-state index in [4.69, 9.17) is 4.74 Å².